The van der Waals surface area contributed by atoms with Crippen molar-refractivity contribution in [1.82, 2.24) is 9.97 Å². The van der Waals surface area contributed by atoms with E-state index < -0.39 is 0 Å². The smallest absolute Gasteiger partial charge is 0.170 e. The number of nitriles is 1. The lowest BCUT2D eigenvalue weighted by Crippen LogP contribution is -1.90. The molecular formula is C13H10N4OS2. The second-order valence-corrected chi connectivity index (χ2v) is 5.83. The fraction of sp³-hybridized carbons (Fsp3) is 0.0769. The molecule has 5 nitrogen and oxygen atoms in total. The van der Waals surface area contributed by atoms with Crippen LogP contribution in [0.3, 0.4) is 0 Å². The van der Waals surface area contributed by atoms with E-state index in [-0.39, 0.29) is 0 Å². The summed E-state index contributed by atoms with van der Waals surface area (Å²) in [5.74, 6) is 0.683. The summed E-state index contributed by atoms with van der Waals surface area (Å²) in [5.41, 5.74) is 2.31. The van der Waals surface area contributed by atoms with Gasteiger partial charge in [-0.1, -0.05) is 0 Å². The number of rotatable bonds is 4. The van der Waals surface area contributed by atoms with Gasteiger partial charge in [-0.3, -0.25) is 0 Å². The summed E-state index contributed by atoms with van der Waals surface area (Å²) in [6, 6.07) is 5.93. The molecule has 0 aliphatic carbocycles. The first-order valence-electron chi connectivity index (χ1n) is 5.74. The number of ether oxygens (including phenoxy) is 1. The summed E-state index contributed by atoms with van der Waals surface area (Å²) in [6.07, 6.45) is 3.45. The summed E-state index contributed by atoms with van der Waals surface area (Å²) in [4.78, 5) is 7.32. The normalized spacial score (nSPS) is 10.4. The Morgan fingerprint density at radius 2 is 2.40 bits per heavy atom. The number of nitrogens with zero attached hydrogens (tertiary/aromatic N) is 2. The summed E-state index contributed by atoms with van der Waals surface area (Å²) in [6.45, 7) is 0. The van der Waals surface area contributed by atoms with Gasteiger partial charge in [-0.15, -0.1) is 11.3 Å². The minimum Gasteiger partial charge on any atom is -0.496 e. The molecule has 20 heavy (non-hydrogen) atoms. The van der Waals surface area contributed by atoms with Crippen molar-refractivity contribution < 1.29 is 4.74 Å². The van der Waals surface area contributed by atoms with Crippen LogP contribution in [0.25, 0.3) is 10.9 Å². The van der Waals surface area contributed by atoms with Crippen LogP contribution in [0.5, 0.6) is 5.75 Å². The van der Waals surface area contributed by atoms with Gasteiger partial charge in [0.05, 0.1) is 29.3 Å². The molecule has 2 aromatic heterocycles. The van der Waals surface area contributed by atoms with Crippen molar-refractivity contribution >= 4 is 39.9 Å². The molecule has 0 unspecified atom stereocenters. The first-order valence-corrected chi connectivity index (χ1v) is 7.43. The lowest BCUT2D eigenvalue weighted by Gasteiger charge is -2.08. The number of thiazole rings is 1. The van der Waals surface area contributed by atoms with Crippen LogP contribution in [0.1, 0.15) is 5.56 Å². The highest BCUT2D eigenvalue weighted by molar-refractivity contribution is 8.02. The van der Waals surface area contributed by atoms with E-state index in [0.717, 1.165) is 20.9 Å². The van der Waals surface area contributed by atoms with Crippen LogP contribution in [0.4, 0.5) is 5.69 Å². The highest BCUT2D eigenvalue weighted by Crippen LogP contribution is 2.35. The highest BCUT2D eigenvalue weighted by atomic mass is 32.2. The highest BCUT2D eigenvalue weighted by Gasteiger charge is 2.13. The molecule has 3 rings (SSSR count). The number of hydrogen-bond donors (Lipinski definition) is 2. The third-order valence-corrected chi connectivity index (χ3v) is 4.50. The van der Waals surface area contributed by atoms with E-state index in [1.807, 2.05) is 17.5 Å². The first-order chi connectivity index (χ1) is 9.83. The third-order valence-electron chi connectivity index (χ3n) is 2.80. The Balaban J connectivity index is 2.00. The number of anilines is 1. The van der Waals surface area contributed by atoms with Crippen LogP contribution in [-0.2, 0) is 0 Å². The van der Waals surface area contributed by atoms with Gasteiger partial charge in [0.25, 0.3) is 0 Å². The van der Waals surface area contributed by atoms with Crippen LogP contribution < -0.4 is 9.46 Å². The number of fused-ring (bicyclic) bond motifs is 1. The Kier molecular flexibility index (Phi) is 3.50. The Hall–Kier alpha value is -2.17. The van der Waals surface area contributed by atoms with Crippen molar-refractivity contribution in [2.75, 3.05) is 11.8 Å². The van der Waals surface area contributed by atoms with E-state index >= 15 is 0 Å². The largest absolute Gasteiger partial charge is 0.496 e. The van der Waals surface area contributed by atoms with Gasteiger partial charge < -0.3 is 14.4 Å². The summed E-state index contributed by atoms with van der Waals surface area (Å²) in [5, 5.41) is 11.9. The summed E-state index contributed by atoms with van der Waals surface area (Å²) in [7, 11) is 1.60. The van der Waals surface area contributed by atoms with Crippen molar-refractivity contribution in [2.24, 2.45) is 0 Å². The summed E-state index contributed by atoms with van der Waals surface area (Å²) >= 11 is 3.01. The number of hydrogen-bond acceptors (Lipinski definition) is 6. The molecule has 0 amide bonds. The predicted molar refractivity (Wildman–Crippen MR) is 81.2 cm³/mol. The van der Waals surface area contributed by atoms with Gasteiger partial charge in [-0.25, -0.2) is 4.98 Å². The number of aromatic amines is 1. The van der Waals surface area contributed by atoms with Crippen LogP contribution in [0, 0.1) is 11.3 Å². The predicted octanol–water partition coefficient (Wildman–Crippen LogP) is 3.62. The molecule has 0 saturated heterocycles. The Bertz CT molecular complexity index is 774. The van der Waals surface area contributed by atoms with Gasteiger partial charge in [0.15, 0.2) is 4.34 Å². The zero-order valence-corrected chi connectivity index (χ0v) is 12.1. The molecule has 0 spiro atoms. The maximum absolute atomic E-state index is 9.16. The van der Waals surface area contributed by atoms with Crippen LogP contribution >= 0.6 is 23.3 Å². The van der Waals surface area contributed by atoms with E-state index in [1.165, 1.54) is 11.9 Å². The molecule has 2 heterocycles. The lowest BCUT2D eigenvalue weighted by atomic mass is 10.1. The number of aromatic nitrogens is 2. The van der Waals surface area contributed by atoms with Crippen LogP contribution in [-0.4, -0.2) is 17.1 Å². The van der Waals surface area contributed by atoms with E-state index in [9.17, 15) is 0 Å². The lowest BCUT2D eigenvalue weighted by molar-refractivity contribution is 0.420. The molecule has 0 radical (unpaired) electrons. The maximum Gasteiger partial charge on any atom is 0.170 e. The van der Waals surface area contributed by atoms with E-state index in [4.69, 9.17) is 10.00 Å². The van der Waals surface area contributed by atoms with Crippen LogP contribution in [0.2, 0.25) is 0 Å². The maximum atomic E-state index is 9.16. The standard InChI is InChI=1S/C13H10N4OS2/c1-18-10-3-2-9(17-20-13-15-4-5-19-13)12-11(10)8(6-14)7-16-12/h2-5,7,16-17H,1H3. The topological polar surface area (TPSA) is 73.7 Å². The van der Waals surface area contributed by atoms with Gasteiger partial charge in [0.1, 0.15) is 11.8 Å². The Labute approximate surface area is 123 Å². The molecule has 100 valence electrons. The van der Waals surface area contributed by atoms with Gasteiger partial charge in [-0.05, 0) is 12.1 Å². The molecule has 0 bridgehead atoms. The van der Waals surface area contributed by atoms with E-state index in [2.05, 4.69) is 20.8 Å². The second kappa shape index (κ2) is 5.45. The molecule has 7 heteroatoms. The molecule has 0 atom stereocenters. The fourth-order valence-corrected chi connectivity index (χ4v) is 3.25. The van der Waals surface area contributed by atoms with Gasteiger partial charge in [-0.2, -0.15) is 5.26 Å². The summed E-state index contributed by atoms with van der Waals surface area (Å²) < 4.78 is 9.50. The van der Waals surface area contributed by atoms with Crippen LogP contribution in [0.15, 0.2) is 34.2 Å². The van der Waals surface area contributed by atoms with Crippen molar-refractivity contribution in [3.8, 4) is 11.8 Å². The molecule has 0 aliphatic rings. The fourth-order valence-electron chi connectivity index (χ4n) is 1.92. The Morgan fingerprint density at radius 3 is 3.10 bits per heavy atom. The minimum absolute atomic E-state index is 0.569. The number of H-pyrrole nitrogens is 1. The van der Waals surface area contributed by atoms with Crippen molar-refractivity contribution in [1.29, 1.82) is 5.26 Å². The molecule has 2 N–H and O–H groups in total. The number of benzene rings is 1. The molecular weight excluding hydrogens is 292 g/mol. The molecule has 0 fully saturated rings. The van der Waals surface area contributed by atoms with Crippen molar-refractivity contribution in [2.45, 2.75) is 4.34 Å². The molecule has 0 saturated carbocycles. The number of nitrogens with one attached hydrogen (secondary N) is 2. The first kappa shape index (κ1) is 12.8. The molecule has 0 aliphatic heterocycles. The zero-order valence-electron chi connectivity index (χ0n) is 10.5. The average Bonchev–Trinajstić information content (AvgIpc) is 3.14. The van der Waals surface area contributed by atoms with Gasteiger partial charge in [0, 0.05) is 29.7 Å². The number of methoxy groups -OCH3 is 1. The average molecular weight is 302 g/mol. The zero-order chi connectivity index (χ0) is 13.9. The SMILES string of the molecule is COc1ccc(NSc2nccs2)c2[nH]cc(C#N)c12. The minimum atomic E-state index is 0.569. The van der Waals surface area contributed by atoms with Crippen molar-refractivity contribution in [3.05, 3.63) is 35.5 Å². The van der Waals surface area contributed by atoms with E-state index in [0.29, 0.717) is 11.3 Å². The second-order valence-electron chi connectivity index (χ2n) is 3.88. The quantitative estimate of drug-likeness (QED) is 0.720. The third kappa shape index (κ3) is 2.19. The Morgan fingerprint density at radius 1 is 1.50 bits per heavy atom. The van der Waals surface area contributed by atoms with Crippen molar-refractivity contribution in [3.63, 3.8) is 0 Å². The molecule has 1 aromatic carbocycles. The van der Waals surface area contributed by atoms with E-state index in [1.54, 1.807) is 30.8 Å². The molecule has 3 aromatic rings. The van der Waals surface area contributed by atoms with Gasteiger partial charge in [0.2, 0.25) is 0 Å². The van der Waals surface area contributed by atoms with Gasteiger partial charge >= 0.3 is 0 Å². The monoisotopic (exact) mass is 302 g/mol.